The van der Waals surface area contributed by atoms with E-state index in [0.717, 1.165) is 38.6 Å². The molecule has 1 spiro atoms. The maximum Gasteiger partial charge on any atom is 0.319 e. The van der Waals surface area contributed by atoms with Gasteiger partial charge in [0.2, 0.25) is 0 Å². The predicted molar refractivity (Wildman–Crippen MR) is 182 cm³/mol. The van der Waals surface area contributed by atoms with Crippen LogP contribution in [0, 0.1) is 17.0 Å². The van der Waals surface area contributed by atoms with Gasteiger partial charge in [-0.1, -0.05) is 24.6 Å². The summed E-state index contributed by atoms with van der Waals surface area (Å²) in [7, 11) is 1.56. The Kier molecular flexibility index (Phi) is 6.84. The molecular weight excluding hydrogens is 647 g/mol. The van der Waals surface area contributed by atoms with E-state index >= 15 is 8.78 Å². The van der Waals surface area contributed by atoms with Crippen molar-refractivity contribution in [1.29, 1.82) is 0 Å². The summed E-state index contributed by atoms with van der Waals surface area (Å²) >= 11 is 0. The Morgan fingerprint density at radius 2 is 1.98 bits per heavy atom. The molecule has 0 radical (unpaired) electrons. The van der Waals surface area contributed by atoms with Gasteiger partial charge in [0.15, 0.2) is 17.4 Å². The summed E-state index contributed by atoms with van der Waals surface area (Å²) in [4.78, 5) is 13.9. The summed E-state index contributed by atoms with van der Waals surface area (Å²) in [5.74, 6) is -1.64. The SMILES string of the molecule is COCc1cccc2cc(O)cc(-c3c(F)c4c5c(nc(OC[C@]67C[C@@H](F)CN6CC6(CCC6)C7)nc5c3F)N3CC5CCC(N5)C3CO4)c12. The first-order valence-corrected chi connectivity index (χ1v) is 17.9. The fourth-order valence-electron chi connectivity index (χ4n) is 10.4. The van der Waals surface area contributed by atoms with Crippen LogP contribution in [0.1, 0.15) is 50.5 Å². The number of aromatic hydroxyl groups is 1. The van der Waals surface area contributed by atoms with Gasteiger partial charge in [0, 0.05) is 45.2 Å². The standard InChI is InChI=1S/C38H40F3N5O4/c1-48-15-21-5-2-4-20-10-24(47)11-25(28(20)21)29-31(40)33-30-34(32(29)41)49-16-27-26-7-6-23(42-26)14-46(27)35(30)44-36(43-33)50-19-38-12-22(39)13-45(38)18-37(17-38)8-3-9-37/h2,4-5,10-11,22-23,26-27,42,47H,3,6-9,12-19H2,1H3/t22-,23?,26?,27?,38-/m1/s1. The number of halogens is 3. The van der Waals surface area contributed by atoms with Crippen LogP contribution < -0.4 is 19.7 Å². The second-order valence-corrected chi connectivity index (χ2v) is 15.6. The molecule has 4 saturated heterocycles. The topological polar surface area (TPSA) is 92.2 Å². The van der Waals surface area contributed by atoms with Crippen molar-refractivity contribution in [3.8, 4) is 28.6 Å². The van der Waals surface area contributed by atoms with Crippen LogP contribution >= 0.6 is 0 Å². The molecule has 2 N–H and O–H groups in total. The van der Waals surface area contributed by atoms with Crippen LogP contribution in [-0.2, 0) is 11.3 Å². The smallest absolute Gasteiger partial charge is 0.319 e. The zero-order valence-corrected chi connectivity index (χ0v) is 28.0. The van der Waals surface area contributed by atoms with Crippen molar-refractivity contribution in [3.05, 3.63) is 47.5 Å². The van der Waals surface area contributed by atoms with Crippen molar-refractivity contribution < 1.29 is 32.5 Å². The third kappa shape index (κ3) is 4.50. The van der Waals surface area contributed by atoms with Crippen LogP contribution in [0.2, 0.25) is 0 Å². The molecule has 5 atom stereocenters. The van der Waals surface area contributed by atoms with E-state index in [1.165, 1.54) is 12.5 Å². The minimum atomic E-state index is -0.932. The first kappa shape index (κ1) is 30.9. The summed E-state index contributed by atoms with van der Waals surface area (Å²) in [5.41, 5.74) is 0.152. The Morgan fingerprint density at radius 3 is 2.80 bits per heavy atom. The molecule has 1 aliphatic carbocycles. The molecule has 1 saturated carbocycles. The number of methoxy groups -OCH3 is 1. The number of anilines is 1. The number of nitrogens with one attached hydrogen (secondary N) is 1. The summed E-state index contributed by atoms with van der Waals surface area (Å²) < 4.78 is 67.6. The number of piperazine rings is 1. The van der Waals surface area contributed by atoms with Crippen LogP contribution in [0.15, 0.2) is 30.3 Å². The number of ether oxygens (including phenoxy) is 3. The van der Waals surface area contributed by atoms with Gasteiger partial charge in [-0.05, 0) is 71.6 Å². The van der Waals surface area contributed by atoms with Crippen molar-refractivity contribution in [1.82, 2.24) is 20.2 Å². The second-order valence-electron chi connectivity index (χ2n) is 15.6. The molecule has 262 valence electrons. The molecule has 4 aromatic rings. The Labute approximate surface area is 287 Å². The van der Waals surface area contributed by atoms with Crippen molar-refractivity contribution in [2.75, 3.05) is 44.9 Å². The number of hydrogen-bond acceptors (Lipinski definition) is 9. The largest absolute Gasteiger partial charge is 0.508 e. The van der Waals surface area contributed by atoms with Gasteiger partial charge in [-0.15, -0.1) is 0 Å². The number of phenols is 1. The highest BCUT2D eigenvalue weighted by atomic mass is 19.1. The lowest BCUT2D eigenvalue weighted by Crippen LogP contribution is -2.60. The van der Waals surface area contributed by atoms with E-state index in [1.54, 1.807) is 19.2 Å². The van der Waals surface area contributed by atoms with E-state index in [-0.39, 0.29) is 82.9 Å². The Balaban J connectivity index is 1.16. The molecule has 3 unspecified atom stereocenters. The van der Waals surface area contributed by atoms with E-state index in [9.17, 15) is 9.50 Å². The first-order valence-electron chi connectivity index (χ1n) is 17.9. The molecule has 1 aromatic heterocycles. The third-order valence-corrected chi connectivity index (χ3v) is 12.6. The van der Waals surface area contributed by atoms with Gasteiger partial charge in [0.1, 0.15) is 36.5 Å². The van der Waals surface area contributed by atoms with Gasteiger partial charge < -0.3 is 29.5 Å². The highest BCUT2D eigenvalue weighted by Crippen LogP contribution is 2.57. The van der Waals surface area contributed by atoms with Crippen LogP contribution in [-0.4, -0.2) is 89.8 Å². The maximum absolute atomic E-state index is 17.3. The monoisotopic (exact) mass is 687 g/mol. The summed E-state index contributed by atoms with van der Waals surface area (Å²) in [6.45, 7) is 2.41. The molecule has 12 heteroatoms. The number of phenolic OH excluding ortho intramolecular Hbond substituents is 1. The third-order valence-electron chi connectivity index (χ3n) is 12.6. The zero-order valence-electron chi connectivity index (χ0n) is 28.0. The summed E-state index contributed by atoms with van der Waals surface area (Å²) in [6, 6.07) is 8.51. The molecule has 2 bridgehead atoms. The summed E-state index contributed by atoms with van der Waals surface area (Å²) in [6.07, 6.45) is 5.72. The van der Waals surface area contributed by atoms with Crippen LogP contribution in [0.4, 0.5) is 19.0 Å². The highest BCUT2D eigenvalue weighted by Gasteiger charge is 2.60. The number of rotatable bonds is 6. The van der Waals surface area contributed by atoms with Crippen LogP contribution in [0.3, 0.4) is 0 Å². The Hall–Kier alpha value is -3.87. The summed E-state index contributed by atoms with van der Waals surface area (Å²) in [5, 5.41) is 15.8. The lowest BCUT2D eigenvalue weighted by Gasteiger charge is -2.40. The van der Waals surface area contributed by atoms with E-state index in [1.807, 2.05) is 12.1 Å². The fraction of sp³-hybridized carbons (Fsp3) is 0.526. The molecular formula is C38H40F3N5O4. The number of fused-ring (bicyclic) bond motifs is 7. The lowest BCUT2D eigenvalue weighted by atomic mass is 9.65. The lowest BCUT2D eigenvalue weighted by molar-refractivity contribution is 0.104. The molecule has 9 nitrogen and oxygen atoms in total. The maximum atomic E-state index is 17.3. The van der Waals surface area contributed by atoms with Gasteiger partial charge >= 0.3 is 6.01 Å². The quantitative estimate of drug-likeness (QED) is 0.253. The highest BCUT2D eigenvalue weighted by molar-refractivity contribution is 6.05. The Bertz CT molecular complexity index is 2060. The van der Waals surface area contributed by atoms with Gasteiger partial charge in [-0.2, -0.15) is 9.97 Å². The average Bonchev–Trinajstić information content (AvgIpc) is 3.68. The van der Waals surface area contributed by atoms with Crippen LogP contribution in [0.25, 0.3) is 32.8 Å². The number of benzene rings is 3. The zero-order chi connectivity index (χ0) is 33.9. The van der Waals surface area contributed by atoms with E-state index in [2.05, 4.69) is 20.1 Å². The van der Waals surface area contributed by atoms with Crippen molar-refractivity contribution in [2.45, 2.75) is 81.4 Å². The minimum Gasteiger partial charge on any atom is -0.508 e. The molecule has 6 aliphatic rings. The number of hydrogen-bond donors (Lipinski definition) is 2. The van der Waals surface area contributed by atoms with E-state index < -0.39 is 23.3 Å². The molecule has 50 heavy (non-hydrogen) atoms. The van der Waals surface area contributed by atoms with Gasteiger partial charge in [-0.25, -0.2) is 13.2 Å². The molecule has 5 fully saturated rings. The fourth-order valence-corrected chi connectivity index (χ4v) is 10.4. The molecule has 5 aliphatic heterocycles. The van der Waals surface area contributed by atoms with Crippen molar-refractivity contribution >= 4 is 27.5 Å². The Morgan fingerprint density at radius 1 is 1.10 bits per heavy atom. The van der Waals surface area contributed by atoms with Crippen molar-refractivity contribution in [2.24, 2.45) is 5.41 Å². The number of alkyl halides is 1. The second kappa shape index (κ2) is 11.1. The van der Waals surface area contributed by atoms with Crippen molar-refractivity contribution in [3.63, 3.8) is 0 Å². The van der Waals surface area contributed by atoms with E-state index in [0.29, 0.717) is 41.7 Å². The number of aromatic nitrogens is 2. The van der Waals surface area contributed by atoms with Crippen LogP contribution in [0.5, 0.6) is 17.5 Å². The molecule has 3 aromatic carbocycles. The number of nitrogens with zero attached hydrogens (tertiary/aromatic N) is 4. The van der Waals surface area contributed by atoms with Gasteiger partial charge in [0.05, 0.1) is 29.1 Å². The molecule has 6 heterocycles. The average molecular weight is 688 g/mol. The molecule has 10 rings (SSSR count). The molecule has 0 amide bonds. The van der Waals surface area contributed by atoms with Gasteiger partial charge in [0.25, 0.3) is 0 Å². The predicted octanol–water partition coefficient (Wildman–Crippen LogP) is 6.02. The first-order chi connectivity index (χ1) is 24.2. The van der Waals surface area contributed by atoms with E-state index in [4.69, 9.17) is 19.2 Å². The minimum absolute atomic E-state index is 0.0199. The van der Waals surface area contributed by atoms with Gasteiger partial charge in [-0.3, -0.25) is 4.90 Å². The normalized spacial score (nSPS) is 29.2.